The Morgan fingerprint density at radius 2 is 1.44 bits per heavy atom. The second-order valence-corrected chi connectivity index (χ2v) is 15.5. The van der Waals surface area contributed by atoms with Crippen LogP contribution in [-0.4, -0.2) is 91.9 Å². The number of ether oxygens (including phenoxy) is 2. The molecule has 0 unspecified atom stereocenters. The molecule has 2 aromatic carbocycles. The molecule has 0 bridgehead atoms. The second kappa shape index (κ2) is 17.6. The van der Waals surface area contributed by atoms with Crippen LogP contribution in [0.5, 0.6) is 11.5 Å². The van der Waals surface area contributed by atoms with Crippen LogP contribution in [0.15, 0.2) is 48.6 Å². The third-order valence-corrected chi connectivity index (χ3v) is 10.4. The summed E-state index contributed by atoms with van der Waals surface area (Å²) in [5, 5.41) is 14.6. The molecule has 5 heterocycles. The minimum atomic E-state index is -4.72. The largest absolute Gasteiger partial charge is 0.491 e. The first kappa shape index (κ1) is 43.2. The standard InChI is InChI=1S/C39H45N12O10P/c1-5-49-28(15-21(3)46-49)36(54)44-38-42-26-17-23(34(40)52)19-30(59-12-8-13-61-62(56,57)58)32(26)48(38)11-7-9-25-10-14-60-31-20-24(35(41)53)18-27-33(31)51(25)39(43-27)45-37(55)29-16-22(4)47-50(29)6-2/h7,9,15-20,25H,5-6,8,10-14H2,1-4H3,(H2,40,52)(H2,41,53)(H,42,44,54)(H,43,45,55)(H2,56,57,58)/b9-7+/t25-/m0/s1. The van der Waals surface area contributed by atoms with Crippen LogP contribution in [0.1, 0.15) is 85.8 Å². The summed E-state index contributed by atoms with van der Waals surface area (Å²) in [6.45, 7) is 8.01. The zero-order chi connectivity index (χ0) is 44.5. The summed E-state index contributed by atoms with van der Waals surface area (Å²) in [6, 6.07) is 8.76. The van der Waals surface area contributed by atoms with Gasteiger partial charge in [0.05, 0.1) is 48.3 Å². The molecule has 4 amide bonds. The Hall–Kier alpha value is -6.87. The van der Waals surface area contributed by atoms with Gasteiger partial charge >= 0.3 is 7.82 Å². The number of allylic oxidation sites excluding steroid dienone is 2. The number of amides is 4. The molecule has 62 heavy (non-hydrogen) atoms. The predicted molar refractivity (Wildman–Crippen MR) is 224 cm³/mol. The first-order valence-corrected chi connectivity index (χ1v) is 21.1. The van der Waals surface area contributed by atoms with Crippen molar-refractivity contribution in [2.45, 2.75) is 66.2 Å². The Kier molecular flexibility index (Phi) is 12.3. The number of carbonyl (C=O) groups is 4. The van der Waals surface area contributed by atoms with E-state index in [-0.39, 0.29) is 72.8 Å². The van der Waals surface area contributed by atoms with Crippen LogP contribution in [0.3, 0.4) is 0 Å². The van der Waals surface area contributed by atoms with Gasteiger partial charge in [-0.1, -0.05) is 12.2 Å². The van der Waals surface area contributed by atoms with Crippen LogP contribution < -0.4 is 31.6 Å². The number of phosphoric acid groups is 1. The zero-order valence-electron chi connectivity index (χ0n) is 34.2. The number of benzene rings is 2. The molecule has 0 radical (unpaired) electrons. The van der Waals surface area contributed by atoms with Crippen molar-refractivity contribution in [3.8, 4) is 11.5 Å². The van der Waals surface area contributed by atoms with Crippen molar-refractivity contribution in [3.05, 3.63) is 82.5 Å². The van der Waals surface area contributed by atoms with E-state index in [4.69, 9.17) is 40.7 Å². The van der Waals surface area contributed by atoms with Gasteiger partial charge in [0.15, 0.2) is 0 Å². The van der Waals surface area contributed by atoms with Crippen molar-refractivity contribution >= 4 is 65.4 Å². The first-order valence-electron chi connectivity index (χ1n) is 19.6. The number of nitrogens with two attached hydrogens (primary N) is 2. The lowest BCUT2D eigenvalue weighted by molar-refractivity contribution is 0.0991. The van der Waals surface area contributed by atoms with Crippen LogP contribution in [-0.2, 0) is 28.7 Å². The monoisotopic (exact) mass is 872 g/mol. The van der Waals surface area contributed by atoms with E-state index < -0.39 is 37.5 Å². The van der Waals surface area contributed by atoms with Crippen LogP contribution >= 0.6 is 7.82 Å². The highest BCUT2D eigenvalue weighted by molar-refractivity contribution is 7.46. The smallest absolute Gasteiger partial charge is 0.469 e. The third-order valence-electron chi connectivity index (χ3n) is 9.90. The van der Waals surface area contributed by atoms with E-state index in [1.165, 1.54) is 24.3 Å². The maximum Gasteiger partial charge on any atom is 0.469 e. The van der Waals surface area contributed by atoms with Crippen LogP contribution in [0.25, 0.3) is 22.1 Å². The highest BCUT2D eigenvalue weighted by Crippen LogP contribution is 2.38. The van der Waals surface area contributed by atoms with Crippen LogP contribution in [0.2, 0.25) is 0 Å². The number of nitrogens with one attached hydrogen (secondary N) is 2. The normalized spacial score (nSPS) is 14.0. The lowest BCUT2D eigenvalue weighted by atomic mass is 10.1. The van der Waals surface area contributed by atoms with E-state index in [0.29, 0.717) is 58.9 Å². The fraction of sp³-hybridized carbons (Fsp3) is 0.333. The molecular formula is C39H45N12O10P. The summed E-state index contributed by atoms with van der Waals surface area (Å²) in [5.74, 6) is -1.66. The number of carbonyl (C=O) groups excluding carboxylic acids is 4. The van der Waals surface area contributed by atoms with Crippen molar-refractivity contribution in [1.82, 2.24) is 38.7 Å². The van der Waals surface area contributed by atoms with Gasteiger partial charge in [-0.25, -0.2) is 14.5 Å². The molecule has 8 N–H and O–H groups in total. The van der Waals surface area contributed by atoms with E-state index in [1.807, 2.05) is 30.6 Å². The van der Waals surface area contributed by atoms with Crippen molar-refractivity contribution in [2.24, 2.45) is 11.5 Å². The summed E-state index contributed by atoms with van der Waals surface area (Å²) < 4.78 is 34.6. The third kappa shape index (κ3) is 9.08. The minimum Gasteiger partial charge on any atom is -0.491 e. The van der Waals surface area contributed by atoms with Gasteiger partial charge in [0.2, 0.25) is 23.7 Å². The first-order chi connectivity index (χ1) is 29.5. The predicted octanol–water partition coefficient (Wildman–Crippen LogP) is 3.60. The van der Waals surface area contributed by atoms with Gasteiger partial charge in [-0.15, -0.1) is 0 Å². The number of rotatable bonds is 17. The average Bonchev–Trinajstić information content (AvgIpc) is 3.95. The van der Waals surface area contributed by atoms with Crippen molar-refractivity contribution in [3.63, 3.8) is 0 Å². The summed E-state index contributed by atoms with van der Waals surface area (Å²) >= 11 is 0. The zero-order valence-corrected chi connectivity index (χ0v) is 35.1. The SMILES string of the molecule is CCn1nc(C)cc1C(=O)Nc1nc2cc(C(N)=O)cc(OCCCOP(=O)(O)O)c2n1C/C=C/[C@H]1CCOc2cc(C(N)=O)cc3nc(NC(=O)c4cc(C)nn4CC)n1c23. The summed E-state index contributed by atoms with van der Waals surface area (Å²) in [7, 11) is -4.72. The van der Waals surface area contributed by atoms with E-state index in [0.717, 1.165) is 0 Å². The number of primary amides is 2. The molecule has 0 spiro atoms. The van der Waals surface area contributed by atoms with E-state index >= 15 is 0 Å². The maximum atomic E-state index is 13.8. The minimum absolute atomic E-state index is 0.0594. The fourth-order valence-corrected chi connectivity index (χ4v) is 7.60. The van der Waals surface area contributed by atoms with Gasteiger partial charge in [0.25, 0.3) is 11.8 Å². The lowest BCUT2D eigenvalue weighted by Crippen LogP contribution is -2.21. The van der Waals surface area contributed by atoms with E-state index in [2.05, 4.69) is 25.4 Å². The van der Waals surface area contributed by atoms with Crippen molar-refractivity contribution in [2.75, 3.05) is 30.5 Å². The number of aromatic nitrogens is 8. The molecule has 23 heteroatoms. The number of fused-ring (bicyclic) bond motifs is 1. The molecule has 4 aromatic heterocycles. The summed E-state index contributed by atoms with van der Waals surface area (Å²) in [6.07, 6.45) is 4.15. The summed E-state index contributed by atoms with van der Waals surface area (Å²) in [4.78, 5) is 79.9. The average molecular weight is 873 g/mol. The highest BCUT2D eigenvalue weighted by atomic mass is 31.2. The number of anilines is 2. The summed E-state index contributed by atoms with van der Waals surface area (Å²) in [5.41, 5.74) is 15.0. The molecule has 22 nitrogen and oxygen atoms in total. The Labute approximate surface area is 353 Å². The number of aryl methyl sites for hydroxylation is 4. The molecule has 7 rings (SSSR count). The second-order valence-electron chi connectivity index (χ2n) is 14.3. The molecule has 1 aliphatic heterocycles. The number of hydrogen-bond acceptors (Lipinski definition) is 12. The molecule has 6 aromatic rings. The quantitative estimate of drug-likeness (QED) is 0.0434. The van der Waals surface area contributed by atoms with Gasteiger partial charge in [-0.2, -0.15) is 10.2 Å². The number of imidazole rings is 2. The maximum absolute atomic E-state index is 13.8. The van der Waals surface area contributed by atoms with Crippen molar-refractivity contribution < 1.29 is 47.5 Å². The van der Waals surface area contributed by atoms with Gasteiger partial charge in [0, 0.05) is 43.6 Å². The van der Waals surface area contributed by atoms with Crippen LogP contribution in [0.4, 0.5) is 11.9 Å². The molecule has 326 valence electrons. The Morgan fingerprint density at radius 3 is 2.03 bits per heavy atom. The van der Waals surface area contributed by atoms with Gasteiger partial charge < -0.3 is 35.3 Å². The number of nitrogens with zero attached hydrogens (tertiary/aromatic N) is 8. The van der Waals surface area contributed by atoms with Crippen molar-refractivity contribution in [1.29, 1.82) is 0 Å². The Morgan fingerprint density at radius 1 is 0.855 bits per heavy atom. The van der Waals surface area contributed by atoms with Crippen LogP contribution in [0, 0.1) is 13.8 Å². The Bertz CT molecular complexity index is 2810. The molecule has 0 saturated carbocycles. The number of phosphoric ester groups is 1. The van der Waals surface area contributed by atoms with Gasteiger partial charge in [0.1, 0.15) is 33.9 Å². The highest BCUT2D eigenvalue weighted by Gasteiger charge is 2.28. The molecule has 1 atom stereocenters. The molecule has 0 fully saturated rings. The lowest BCUT2D eigenvalue weighted by Gasteiger charge is -2.17. The molecule has 0 saturated heterocycles. The molecule has 1 aliphatic rings. The Balaban J connectivity index is 1.30. The molecular weight excluding hydrogens is 827 g/mol. The topological polar surface area (TPSA) is 301 Å². The van der Waals surface area contributed by atoms with E-state index in [1.54, 1.807) is 39.9 Å². The number of hydrogen-bond donors (Lipinski definition) is 6. The molecule has 0 aliphatic carbocycles. The van der Waals surface area contributed by atoms with Gasteiger partial charge in [-0.3, -0.25) is 48.3 Å². The van der Waals surface area contributed by atoms with E-state index in [9.17, 15) is 23.7 Å². The fourth-order valence-electron chi connectivity index (χ4n) is 7.23. The van der Waals surface area contributed by atoms with Gasteiger partial charge in [-0.05, 0) is 64.1 Å².